The first-order valence-corrected chi connectivity index (χ1v) is 12.2. The predicted octanol–water partition coefficient (Wildman–Crippen LogP) is 1.17. The Bertz CT molecular complexity index is 1010. The molecule has 0 unspecified atom stereocenters. The number of amides is 1. The number of nitrogens with zero attached hydrogens (tertiary/aromatic N) is 5. The van der Waals surface area contributed by atoms with Crippen molar-refractivity contribution < 1.29 is 19.4 Å². The van der Waals surface area contributed by atoms with E-state index in [1.807, 2.05) is 11.0 Å². The second-order valence-electron chi connectivity index (χ2n) is 8.51. The van der Waals surface area contributed by atoms with Gasteiger partial charge in [-0.3, -0.25) is 9.69 Å². The Morgan fingerprint density at radius 1 is 1.29 bits per heavy atom. The minimum atomic E-state index is -0.347. The summed E-state index contributed by atoms with van der Waals surface area (Å²) in [6.45, 7) is 5.45. The Hall–Kier alpha value is -2.73. The fourth-order valence-corrected chi connectivity index (χ4v) is 4.53. The van der Waals surface area contributed by atoms with Gasteiger partial charge >= 0.3 is 0 Å². The van der Waals surface area contributed by atoms with Crippen LogP contribution < -0.4 is 20.3 Å². The lowest BCUT2D eigenvalue weighted by Gasteiger charge is -2.26. The van der Waals surface area contributed by atoms with Crippen LogP contribution in [0.15, 0.2) is 18.2 Å². The van der Waals surface area contributed by atoms with Gasteiger partial charge in [-0.1, -0.05) is 17.7 Å². The van der Waals surface area contributed by atoms with E-state index in [0.29, 0.717) is 48.8 Å². The van der Waals surface area contributed by atoms with Gasteiger partial charge in [0.2, 0.25) is 5.95 Å². The maximum absolute atomic E-state index is 13.0. The minimum Gasteiger partial charge on any atom is -0.495 e. The first-order chi connectivity index (χ1) is 17.1. The summed E-state index contributed by atoms with van der Waals surface area (Å²) in [6, 6.07) is 5.42. The van der Waals surface area contributed by atoms with Gasteiger partial charge in [-0.15, -0.1) is 10.2 Å². The molecule has 2 aliphatic heterocycles. The monoisotopic (exact) mass is 505 g/mol. The van der Waals surface area contributed by atoms with Crippen molar-refractivity contribution in [3.05, 3.63) is 34.5 Å². The highest BCUT2D eigenvalue weighted by Crippen LogP contribution is 2.26. The number of aromatic nitrogens is 3. The van der Waals surface area contributed by atoms with Crippen LogP contribution in [-0.4, -0.2) is 96.8 Å². The number of aliphatic hydroxyl groups excluding tert-OH is 1. The Morgan fingerprint density at radius 3 is 2.86 bits per heavy atom. The van der Waals surface area contributed by atoms with Gasteiger partial charge in [0, 0.05) is 39.3 Å². The standard InChI is InChI=1S/C23H32ClN7O4/c1-34-19-5-4-16(13-18(19)24)14-26-21-20(22(33)25-6-8-30-9-11-35-12-10-30)28-29-23(27-21)31-7-2-3-17(31)15-32/h4-5,13,17,32H,2-3,6-12,14-15H2,1H3,(H,25,33)(H,26,27,29)/t17-/m0/s1. The molecule has 1 amide bonds. The SMILES string of the molecule is COc1ccc(CNc2nc(N3CCC[C@H]3CO)nnc2C(=O)NCCN2CCOCC2)cc1Cl. The smallest absolute Gasteiger partial charge is 0.275 e. The van der Waals surface area contributed by atoms with Gasteiger partial charge in [-0.2, -0.15) is 4.98 Å². The summed E-state index contributed by atoms with van der Waals surface area (Å²) in [5, 5.41) is 24.8. The van der Waals surface area contributed by atoms with Crippen molar-refractivity contribution in [1.82, 2.24) is 25.4 Å². The Balaban J connectivity index is 1.49. The molecule has 2 aliphatic rings. The van der Waals surface area contributed by atoms with E-state index in [-0.39, 0.29) is 24.2 Å². The van der Waals surface area contributed by atoms with Crippen LogP contribution in [0.2, 0.25) is 5.02 Å². The van der Waals surface area contributed by atoms with Crippen molar-refractivity contribution in [2.75, 3.05) is 69.9 Å². The molecule has 3 N–H and O–H groups in total. The van der Waals surface area contributed by atoms with Gasteiger partial charge < -0.3 is 30.1 Å². The molecule has 1 aromatic carbocycles. The zero-order valence-corrected chi connectivity index (χ0v) is 20.6. The molecule has 2 saturated heterocycles. The number of hydrogen-bond acceptors (Lipinski definition) is 10. The van der Waals surface area contributed by atoms with E-state index in [1.165, 1.54) is 0 Å². The maximum Gasteiger partial charge on any atom is 0.275 e. The van der Waals surface area contributed by atoms with E-state index < -0.39 is 0 Å². The second-order valence-corrected chi connectivity index (χ2v) is 8.92. The number of rotatable bonds is 10. The highest BCUT2D eigenvalue weighted by atomic mass is 35.5. The van der Waals surface area contributed by atoms with Gasteiger partial charge in [0.05, 0.1) is 38.0 Å². The molecular formula is C23H32ClN7O4. The number of nitrogens with one attached hydrogen (secondary N) is 2. The van der Waals surface area contributed by atoms with Crippen molar-refractivity contribution in [2.45, 2.75) is 25.4 Å². The van der Waals surface area contributed by atoms with Gasteiger partial charge in [0.25, 0.3) is 5.91 Å². The molecule has 0 radical (unpaired) electrons. The molecule has 0 bridgehead atoms. The van der Waals surface area contributed by atoms with Crippen LogP contribution in [0, 0.1) is 0 Å². The quantitative estimate of drug-likeness (QED) is 0.433. The summed E-state index contributed by atoms with van der Waals surface area (Å²) in [5.74, 6) is 0.960. The highest BCUT2D eigenvalue weighted by Gasteiger charge is 2.28. The van der Waals surface area contributed by atoms with Crippen molar-refractivity contribution in [1.29, 1.82) is 0 Å². The third kappa shape index (κ3) is 6.49. The summed E-state index contributed by atoms with van der Waals surface area (Å²) in [5.41, 5.74) is 1.01. The number of methoxy groups -OCH3 is 1. The molecule has 0 aliphatic carbocycles. The number of carbonyl (C=O) groups excluding carboxylic acids is 1. The highest BCUT2D eigenvalue weighted by molar-refractivity contribution is 6.32. The average Bonchev–Trinajstić information content (AvgIpc) is 3.37. The molecule has 190 valence electrons. The first-order valence-electron chi connectivity index (χ1n) is 11.9. The molecule has 11 nitrogen and oxygen atoms in total. The molecular weight excluding hydrogens is 474 g/mol. The number of morpholine rings is 1. The summed E-state index contributed by atoms with van der Waals surface area (Å²) in [7, 11) is 1.56. The van der Waals surface area contributed by atoms with E-state index >= 15 is 0 Å². The topological polar surface area (TPSA) is 125 Å². The molecule has 0 saturated carbocycles. The Morgan fingerprint density at radius 2 is 2.11 bits per heavy atom. The van der Waals surface area contributed by atoms with Crippen LogP contribution in [0.4, 0.5) is 11.8 Å². The van der Waals surface area contributed by atoms with E-state index in [9.17, 15) is 9.90 Å². The molecule has 3 heterocycles. The lowest BCUT2D eigenvalue weighted by Crippen LogP contribution is -2.41. The first kappa shape index (κ1) is 25.4. The third-order valence-electron chi connectivity index (χ3n) is 6.23. The number of benzene rings is 1. The Kier molecular flexibility index (Phi) is 8.91. The molecule has 35 heavy (non-hydrogen) atoms. The number of ether oxygens (including phenoxy) is 2. The molecule has 2 fully saturated rings. The zero-order chi connectivity index (χ0) is 24.6. The van der Waals surface area contributed by atoms with Gasteiger partial charge in [0.1, 0.15) is 5.75 Å². The molecule has 1 aromatic heterocycles. The van der Waals surface area contributed by atoms with Crippen molar-refractivity contribution in [3.8, 4) is 5.75 Å². The zero-order valence-electron chi connectivity index (χ0n) is 19.9. The van der Waals surface area contributed by atoms with Gasteiger partial charge in [-0.25, -0.2) is 0 Å². The summed E-state index contributed by atoms with van der Waals surface area (Å²) in [6.07, 6.45) is 1.79. The molecule has 1 atom stereocenters. The number of carbonyl (C=O) groups is 1. The van der Waals surface area contributed by atoms with Crippen molar-refractivity contribution >= 4 is 29.3 Å². The minimum absolute atomic E-state index is 0.0141. The summed E-state index contributed by atoms with van der Waals surface area (Å²) in [4.78, 5) is 21.8. The fraction of sp³-hybridized carbons (Fsp3) is 0.565. The summed E-state index contributed by atoms with van der Waals surface area (Å²) >= 11 is 6.26. The molecule has 12 heteroatoms. The third-order valence-corrected chi connectivity index (χ3v) is 6.52. The number of halogens is 1. The van der Waals surface area contributed by atoms with Gasteiger partial charge in [-0.05, 0) is 30.5 Å². The van der Waals surface area contributed by atoms with Crippen LogP contribution in [0.3, 0.4) is 0 Å². The van der Waals surface area contributed by atoms with E-state index in [1.54, 1.807) is 19.2 Å². The van der Waals surface area contributed by atoms with Crippen molar-refractivity contribution in [3.63, 3.8) is 0 Å². The Labute approximate surface area is 209 Å². The van der Waals surface area contributed by atoms with Crippen LogP contribution >= 0.6 is 11.6 Å². The lowest BCUT2D eigenvalue weighted by atomic mass is 10.2. The van der Waals surface area contributed by atoms with Gasteiger partial charge in [0.15, 0.2) is 11.5 Å². The van der Waals surface area contributed by atoms with Crippen LogP contribution in [0.25, 0.3) is 0 Å². The number of hydrogen-bond donors (Lipinski definition) is 3. The van der Waals surface area contributed by atoms with E-state index in [2.05, 4.69) is 30.7 Å². The van der Waals surface area contributed by atoms with Crippen molar-refractivity contribution in [2.24, 2.45) is 0 Å². The van der Waals surface area contributed by atoms with Crippen LogP contribution in [0.1, 0.15) is 28.9 Å². The van der Waals surface area contributed by atoms with E-state index in [0.717, 1.165) is 44.6 Å². The second kappa shape index (κ2) is 12.3. The van der Waals surface area contributed by atoms with Crippen LogP contribution in [0.5, 0.6) is 5.75 Å². The van der Waals surface area contributed by atoms with E-state index in [4.69, 9.17) is 21.1 Å². The lowest BCUT2D eigenvalue weighted by molar-refractivity contribution is 0.0383. The average molecular weight is 506 g/mol. The largest absolute Gasteiger partial charge is 0.495 e. The molecule has 0 spiro atoms. The van der Waals surface area contributed by atoms with Crippen LogP contribution in [-0.2, 0) is 11.3 Å². The normalized spacial score (nSPS) is 18.5. The molecule has 2 aromatic rings. The predicted molar refractivity (Wildman–Crippen MR) is 132 cm³/mol. The fourth-order valence-electron chi connectivity index (χ4n) is 4.25. The summed E-state index contributed by atoms with van der Waals surface area (Å²) < 4.78 is 10.6. The number of anilines is 2. The number of aliphatic hydroxyl groups is 1. The maximum atomic E-state index is 13.0. The molecule has 4 rings (SSSR count).